The van der Waals surface area contributed by atoms with Gasteiger partial charge < -0.3 is 15.4 Å². The molecule has 9 heteroatoms. The lowest BCUT2D eigenvalue weighted by molar-refractivity contribution is 0.0224. The molecular formula is C25H25FN4O3S. The Morgan fingerprint density at radius 3 is 2.71 bits per heavy atom. The van der Waals surface area contributed by atoms with Crippen molar-refractivity contribution in [3.8, 4) is 11.3 Å². The number of primary amides is 1. The molecule has 0 spiro atoms. The zero-order valence-electron chi connectivity index (χ0n) is 19.2. The quantitative estimate of drug-likeness (QED) is 0.418. The number of hydrogen-bond donors (Lipinski definition) is 1. The summed E-state index contributed by atoms with van der Waals surface area (Å²) in [7, 11) is 0. The number of imidazole rings is 1. The number of amides is 2. The lowest BCUT2D eigenvalue weighted by Crippen LogP contribution is -2.36. The third-order valence-corrected chi connectivity index (χ3v) is 6.93. The number of halogens is 1. The zero-order valence-corrected chi connectivity index (χ0v) is 20.0. The number of carbonyl (C=O) groups is 2. The molecule has 2 amide bonds. The minimum absolute atomic E-state index is 0.215. The van der Waals surface area contributed by atoms with Crippen LogP contribution in [0.2, 0.25) is 0 Å². The summed E-state index contributed by atoms with van der Waals surface area (Å²) in [4.78, 5) is 31.1. The van der Waals surface area contributed by atoms with Gasteiger partial charge in [0.2, 0.25) is 5.91 Å². The standard InChI is InChI=1S/C25H25FN4O3S/c1-25(2,3)33-24(32)29-10-4-5-19(29)14-6-8-16(17(26)11-14)18-13-30-20-9-7-15(22(27)31)12-21(20)34-23(30)28-18/h6-9,11-13,19H,4-5,10H2,1-3H3,(H2,27,31). The molecule has 176 valence electrons. The smallest absolute Gasteiger partial charge is 0.410 e. The van der Waals surface area contributed by atoms with Crippen LogP contribution in [-0.4, -0.2) is 38.4 Å². The fourth-order valence-electron chi connectivity index (χ4n) is 4.38. The first-order valence-electron chi connectivity index (χ1n) is 11.1. The molecule has 1 aliphatic rings. The molecule has 2 N–H and O–H groups in total. The van der Waals surface area contributed by atoms with Crippen LogP contribution in [0.15, 0.2) is 42.6 Å². The zero-order chi connectivity index (χ0) is 24.2. The summed E-state index contributed by atoms with van der Waals surface area (Å²) in [6, 6.07) is 10.1. The number of fused-ring (bicyclic) bond motifs is 3. The summed E-state index contributed by atoms with van der Waals surface area (Å²) >= 11 is 1.41. The summed E-state index contributed by atoms with van der Waals surface area (Å²) in [5, 5.41) is 0. The van der Waals surface area contributed by atoms with E-state index in [2.05, 4.69) is 4.98 Å². The number of benzene rings is 2. The van der Waals surface area contributed by atoms with Gasteiger partial charge in [-0.25, -0.2) is 14.2 Å². The molecule has 0 aliphatic carbocycles. The molecule has 1 unspecified atom stereocenters. The summed E-state index contributed by atoms with van der Waals surface area (Å²) in [6.45, 7) is 6.09. The lowest BCUT2D eigenvalue weighted by atomic mass is 10.0. The Labute approximate surface area is 199 Å². The van der Waals surface area contributed by atoms with Crippen LogP contribution < -0.4 is 5.73 Å². The Hall–Kier alpha value is -3.46. The number of nitrogens with zero attached hydrogens (tertiary/aromatic N) is 3. The SMILES string of the molecule is CC(C)(C)OC(=O)N1CCCC1c1ccc(-c2cn3c(n2)sc2cc(C(N)=O)ccc23)c(F)c1. The number of ether oxygens (including phenoxy) is 1. The molecule has 4 aromatic rings. The Bertz CT molecular complexity index is 1440. The van der Waals surface area contributed by atoms with Gasteiger partial charge in [0.05, 0.1) is 22.0 Å². The molecule has 2 aromatic heterocycles. The average molecular weight is 481 g/mol. The molecule has 3 heterocycles. The second-order valence-electron chi connectivity index (χ2n) is 9.50. The van der Waals surface area contributed by atoms with Crippen LogP contribution in [0.25, 0.3) is 26.4 Å². The molecule has 1 atom stereocenters. The number of rotatable bonds is 3. The van der Waals surface area contributed by atoms with Crippen molar-refractivity contribution in [2.24, 2.45) is 5.73 Å². The van der Waals surface area contributed by atoms with E-state index in [0.717, 1.165) is 28.6 Å². The Morgan fingerprint density at radius 2 is 2.00 bits per heavy atom. The predicted molar refractivity (Wildman–Crippen MR) is 129 cm³/mol. The van der Waals surface area contributed by atoms with E-state index in [9.17, 15) is 9.59 Å². The van der Waals surface area contributed by atoms with E-state index < -0.39 is 11.5 Å². The maximum absolute atomic E-state index is 15.2. The molecule has 7 nitrogen and oxygen atoms in total. The van der Waals surface area contributed by atoms with Gasteiger partial charge in [-0.05, 0) is 69.5 Å². The van der Waals surface area contributed by atoms with Crippen LogP contribution in [0.5, 0.6) is 0 Å². The monoisotopic (exact) mass is 480 g/mol. The molecule has 0 bridgehead atoms. The molecule has 34 heavy (non-hydrogen) atoms. The van der Waals surface area contributed by atoms with Gasteiger partial charge in [-0.1, -0.05) is 17.4 Å². The Kier molecular flexibility index (Phi) is 5.31. The predicted octanol–water partition coefficient (Wildman–Crippen LogP) is 5.53. The fourth-order valence-corrected chi connectivity index (χ4v) is 5.43. The van der Waals surface area contributed by atoms with Gasteiger partial charge in [-0.3, -0.25) is 9.20 Å². The van der Waals surface area contributed by atoms with Crippen molar-refractivity contribution in [2.45, 2.75) is 45.3 Å². The summed E-state index contributed by atoms with van der Waals surface area (Å²) in [6.07, 6.45) is 3.02. The van der Waals surface area contributed by atoms with Crippen molar-refractivity contribution < 1.29 is 18.7 Å². The van der Waals surface area contributed by atoms with Crippen LogP contribution in [0.3, 0.4) is 0 Å². The van der Waals surface area contributed by atoms with E-state index in [4.69, 9.17) is 10.5 Å². The summed E-state index contributed by atoms with van der Waals surface area (Å²) < 4.78 is 23.5. The third-order valence-electron chi connectivity index (χ3n) is 5.91. The highest BCUT2D eigenvalue weighted by molar-refractivity contribution is 7.23. The van der Waals surface area contributed by atoms with Crippen molar-refractivity contribution in [2.75, 3.05) is 6.54 Å². The van der Waals surface area contributed by atoms with Gasteiger partial charge in [0.15, 0.2) is 4.96 Å². The van der Waals surface area contributed by atoms with Crippen LogP contribution in [0.4, 0.5) is 9.18 Å². The van der Waals surface area contributed by atoms with Gasteiger partial charge >= 0.3 is 6.09 Å². The first-order valence-corrected chi connectivity index (χ1v) is 11.9. The van der Waals surface area contributed by atoms with Gasteiger partial charge in [-0.15, -0.1) is 0 Å². The van der Waals surface area contributed by atoms with E-state index in [-0.39, 0.29) is 18.0 Å². The highest BCUT2D eigenvalue weighted by Crippen LogP contribution is 2.36. The van der Waals surface area contributed by atoms with Crippen LogP contribution in [-0.2, 0) is 4.74 Å². The molecule has 0 radical (unpaired) electrons. The maximum Gasteiger partial charge on any atom is 0.410 e. The number of nitrogens with two attached hydrogens (primary N) is 1. The highest BCUT2D eigenvalue weighted by atomic mass is 32.1. The molecule has 1 aliphatic heterocycles. The van der Waals surface area contributed by atoms with Gasteiger partial charge in [0.25, 0.3) is 0 Å². The number of hydrogen-bond acceptors (Lipinski definition) is 5. The molecule has 0 saturated carbocycles. The minimum atomic E-state index is -0.584. The second kappa shape index (κ2) is 8.09. The lowest BCUT2D eigenvalue weighted by Gasteiger charge is -2.29. The molecule has 1 saturated heterocycles. The van der Waals surface area contributed by atoms with Crippen molar-refractivity contribution in [3.63, 3.8) is 0 Å². The maximum atomic E-state index is 15.2. The van der Waals surface area contributed by atoms with E-state index >= 15 is 4.39 Å². The van der Waals surface area contributed by atoms with Crippen LogP contribution in [0, 0.1) is 5.82 Å². The highest BCUT2D eigenvalue weighted by Gasteiger charge is 2.33. The van der Waals surface area contributed by atoms with Gasteiger partial charge in [-0.2, -0.15) is 0 Å². The molecule has 1 fully saturated rings. The largest absolute Gasteiger partial charge is 0.444 e. The third kappa shape index (κ3) is 4.00. The topological polar surface area (TPSA) is 89.9 Å². The Balaban J connectivity index is 1.44. The van der Waals surface area contributed by atoms with Crippen molar-refractivity contribution in [1.29, 1.82) is 0 Å². The number of aromatic nitrogens is 2. The van der Waals surface area contributed by atoms with Crippen molar-refractivity contribution >= 4 is 38.5 Å². The second-order valence-corrected chi connectivity index (χ2v) is 10.5. The van der Waals surface area contributed by atoms with Crippen LogP contribution in [0.1, 0.15) is 55.6 Å². The number of thiazole rings is 1. The summed E-state index contributed by atoms with van der Waals surface area (Å²) in [5.41, 5.74) is 7.76. The number of carbonyl (C=O) groups excluding carboxylic acids is 2. The van der Waals surface area contributed by atoms with E-state index in [1.165, 1.54) is 17.4 Å². The van der Waals surface area contributed by atoms with Crippen LogP contribution >= 0.6 is 11.3 Å². The molecular weight excluding hydrogens is 455 g/mol. The summed E-state index contributed by atoms with van der Waals surface area (Å²) in [5.74, 6) is -0.872. The first-order chi connectivity index (χ1) is 16.1. The number of likely N-dealkylation sites (tertiary alicyclic amines) is 1. The van der Waals surface area contributed by atoms with Gasteiger partial charge in [0.1, 0.15) is 11.4 Å². The van der Waals surface area contributed by atoms with E-state index in [1.54, 1.807) is 29.3 Å². The average Bonchev–Trinajstić information content (AvgIpc) is 3.46. The Morgan fingerprint density at radius 1 is 1.21 bits per heavy atom. The first kappa shape index (κ1) is 22.3. The van der Waals surface area contributed by atoms with E-state index in [1.807, 2.05) is 37.3 Å². The van der Waals surface area contributed by atoms with E-state index in [0.29, 0.717) is 28.3 Å². The van der Waals surface area contributed by atoms with Gasteiger partial charge in [0, 0.05) is 23.9 Å². The van der Waals surface area contributed by atoms with Crippen molar-refractivity contribution in [3.05, 3.63) is 59.5 Å². The molecule has 2 aromatic carbocycles. The molecule has 5 rings (SSSR count). The normalized spacial score (nSPS) is 16.5. The fraction of sp³-hybridized carbons (Fsp3) is 0.320. The minimum Gasteiger partial charge on any atom is -0.444 e. The van der Waals surface area contributed by atoms with Crippen molar-refractivity contribution in [1.82, 2.24) is 14.3 Å².